The van der Waals surface area contributed by atoms with Crippen molar-refractivity contribution in [3.05, 3.63) is 29.3 Å². The molecule has 1 unspecified atom stereocenters. The first-order valence-electron chi connectivity index (χ1n) is 7.12. The van der Waals surface area contributed by atoms with Crippen molar-refractivity contribution in [3.8, 4) is 0 Å². The fourth-order valence-electron chi connectivity index (χ4n) is 2.08. The fourth-order valence-corrected chi connectivity index (χ4v) is 2.08. The number of nitrogens with zero attached hydrogens (tertiary/aromatic N) is 1. The summed E-state index contributed by atoms with van der Waals surface area (Å²) in [6.07, 6.45) is 0.560. The van der Waals surface area contributed by atoms with Crippen molar-refractivity contribution in [2.45, 2.75) is 52.8 Å². The van der Waals surface area contributed by atoms with Gasteiger partial charge in [-0.25, -0.2) is 0 Å². The highest BCUT2D eigenvalue weighted by Gasteiger charge is 2.07. The van der Waals surface area contributed by atoms with Crippen LogP contribution in [0, 0.1) is 6.92 Å². The molecule has 1 rings (SSSR count). The molecule has 0 amide bonds. The number of benzene rings is 1. The van der Waals surface area contributed by atoms with E-state index in [0.717, 1.165) is 19.5 Å². The third-order valence-electron chi connectivity index (χ3n) is 3.27. The van der Waals surface area contributed by atoms with Crippen LogP contribution in [-0.2, 0) is 6.54 Å². The average molecular weight is 264 g/mol. The van der Waals surface area contributed by atoms with Crippen molar-refractivity contribution in [3.63, 3.8) is 0 Å². The van der Waals surface area contributed by atoms with Gasteiger partial charge in [-0.2, -0.15) is 0 Å². The maximum absolute atomic E-state index is 9.35. The van der Waals surface area contributed by atoms with Crippen LogP contribution in [0.15, 0.2) is 18.2 Å². The Bertz CT molecular complexity index is 388. The van der Waals surface area contributed by atoms with Crippen LogP contribution >= 0.6 is 0 Å². The van der Waals surface area contributed by atoms with E-state index in [1.807, 2.05) is 6.92 Å². The van der Waals surface area contributed by atoms with E-state index in [9.17, 15) is 5.11 Å². The largest absolute Gasteiger partial charge is 0.393 e. The summed E-state index contributed by atoms with van der Waals surface area (Å²) in [7, 11) is 2.08. The maximum atomic E-state index is 9.35. The molecule has 0 radical (unpaired) electrons. The van der Waals surface area contributed by atoms with Crippen LogP contribution in [0.25, 0.3) is 0 Å². The van der Waals surface area contributed by atoms with Gasteiger partial charge in [0.05, 0.1) is 6.10 Å². The Morgan fingerprint density at radius 3 is 2.47 bits per heavy atom. The molecule has 0 bridgehead atoms. The molecule has 0 aromatic heterocycles. The molecule has 1 aromatic carbocycles. The van der Waals surface area contributed by atoms with Crippen molar-refractivity contribution < 1.29 is 5.11 Å². The summed E-state index contributed by atoms with van der Waals surface area (Å²) in [4.78, 5) is 2.21. The topological polar surface area (TPSA) is 35.5 Å². The van der Waals surface area contributed by atoms with Crippen LogP contribution in [0.5, 0.6) is 0 Å². The second-order valence-electron chi connectivity index (χ2n) is 5.72. The molecule has 0 fully saturated rings. The predicted molar refractivity (Wildman–Crippen MR) is 82.7 cm³/mol. The van der Waals surface area contributed by atoms with Gasteiger partial charge in [-0.15, -0.1) is 0 Å². The molecular formula is C16H28N2O. The molecular weight excluding hydrogens is 236 g/mol. The number of rotatable bonds is 7. The molecule has 1 aromatic rings. The monoisotopic (exact) mass is 264 g/mol. The first-order valence-corrected chi connectivity index (χ1v) is 7.12. The molecule has 2 N–H and O–H groups in total. The van der Waals surface area contributed by atoms with Gasteiger partial charge in [-0.05, 0) is 37.5 Å². The van der Waals surface area contributed by atoms with E-state index in [2.05, 4.69) is 56.2 Å². The average Bonchev–Trinajstić information content (AvgIpc) is 2.33. The van der Waals surface area contributed by atoms with Gasteiger partial charge >= 0.3 is 0 Å². The van der Waals surface area contributed by atoms with Gasteiger partial charge in [-0.1, -0.05) is 26.0 Å². The molecule has 108 valence electrons. The summed E-state index contributed by atoms with van der Waals surface area (Å²) in [5.41, 5.74) is 3.85. The normalized spacial score (nSPS) is 12.8. The van der Waals surface area contributed by atoms with Gasteiger partial charge in [0.1, 0.15) is 0 Å². The van der Waals surface area contributed by atoms with Crippen LogP contribution in [-0.4, -0.2) is 30.8 Å². The van der Waals surface area contributed by atoms with E-state index in [1.165, 1.54) is 16.8 Å². The Balaban J connectivity index is 2.65. The quantitative estimate of drug-likeness (QED) is 0.795. The number of aliphatic hydroxyl groups excluding tert-OH is 1. The summed E-state index contributed by atoms with van der Waals surface area (Å²) in [6, 6.07) is 7.10. The summed E-state index contributed by atoms with van der Waals surface area (Å²) >= 11 is 0. The molecule has 19 heavy (non-hydrogen) atoms. The third-order valence-corrected chi connectivity index (χ3v) is 3.27. The van der Waals surface area contributed by atoms with Gasteiger partial charge in [0.15, 0.2) is 0 Å². The lowest BCUT2D eigenvalue weighted by atomic mass is 10.1. The minimum absolute atomic E-state index is 0.239. The zero-order valence-corrected chi connectivity index (χ0v) is 12.9. The lowest BCUT2D eigenvalue weighted by Gasteiger charge is -2.23. The molecule has 1 atom stereocenters. The minimum atomic E-state index is -0.239. The van der Waals surface area contributed by atoms with E-state index in [4.69, 9.17) is 0 Å². The van der Waals surface area contributed by atoms with Crippen LogP contribution in [0.3, 0.4) is 0 Å². The number of hydrogen-bond donors (Lipinski definition) is 2. The summed E-state index contributed by atoms with van der Waals surface area (Å²) in [5, 5.41) is 12.8. The summed E-state index contributed by atoms with van der Waals surface area (Å²) in [6.45, 7) is 10.1. The molecule has 0 saturated carbocycles. The lowest BCUT2D eigenvalue weighted by molar-refractivity contribution is 0.187. The zero-order chi connectivity index (χ0) is 14.4. The van der Waals surface area contributed by atoms with E-state index in [-0.39, 0.29) is 6.10 Å². The highest BCUT2D eigenvalue weighted by Crippen LogP contribution is 2.20. The van der Waals surface area contributed by atoms with E-state index in [1.54, 1.807) is 0 Å². The number of nitrogens with one attached hydrogen (secondary N) is 1. The van der Waals surface area contributed by atoms with Crippen LogP contribution < -0.4 is 10.2 Å². The Morgan fingerprint density at radius 1 is 1.26 bits per heavy atom. The Morgan fingerprint density at radius 2 is 1.95 bits per heavy atom. The van der Waals surface area contributed by atoms with Gasteiger partial charge in [0.25, 0.3) is 0 Å². The Labute approximate surface area is 117 Å². The lowest BCUT2D eigenvalue weighted by Crippen LogP contribution is -2.23. The van der Waals surface area contributed by atoms with Crippen molar-refractivity contribution in [2.24, 2.45) is 0 Å². The zero-order valence-electron chi connectivity index (χ0n) is 12.9. The molecule has 0 aliphatic heterocycles. The van der Waals surface area contributed by atoms with E-state index in [0.29, 0.717) is 6.04 Å². The highest BCUT2D eigenvalue weighted by atomic mass is 16.3. The van der Waals surface area contributed by atoms with Crippen molar-refractivity contribution >= 4 is 5.69 Å². The molecule has 0 aliphatic carbocycles. The third kappa shape index (κ3) is 5.62. The Hall–Kier alpha value is -1.06. The number of aliphatic hydroxyl groups is 1. The molecule has 0 aliphatic rings. The van der Waals surface area contributed by atoms with Gasteiger partial charge in [0, 0.05) is 31.9 Å². The van der Waals surface area contributed by atoms with Crippen molar-refractivity contribution in [1.29, 1.82) is 0 Å². The number of aryl methyl sites for hydroxylation is 1. The van der Waals surface area contributed by atoms with Crippen LogP contribution in [0.4, 0.5) is 5.69 Å². The second-order valence-corrected chi connectivity index (χ2v) is 5.72. The molecule has 0 spiro atoms. The maximum Gasteiger partial charge on any atom is 0.0528 e. The SMILES string of the molecule is Cc1cc(CNC(C)C)ccc1N(C)CCC(C)O. The van der Waals surface area contributed by atoms with Crippen molar-refractivity contribution in [1.82, 2.24) is 5.32 Å². The first-order chi connectivity index (χ1) is 8.90. The highest BCUT2D eigenvalue weighted by molar-refractivity contribution is 5.53. The smallest absolute Gasteiger partial charge is 0.0528 e. The van der Waals surface area contributed by atoms with Crippen molar-refractivity contribution in [2.75, 3.05) is 18.5 Å². The number of hydrogen-bond acceptors (Lipinski definition) is 3. The molecule has 3 nitrogen and oxygen atoms in total. The van der Waals surface area contributed by atoms with Crippen LogP contribution in [0.1, 0.15) is 38.3 Å². The Kier molecular flexibility index (Phi) is 6.32. The van der Waals surface area contributed by atoms with Gasteiger partial charge < -0.3 is 15.3 Å². The minimum Gasteiger partial charge on any atom is -0.393 e. The van der Waals surface area contributed by atoms with E-state index >= 15 is 0 Å². The number of anilines is 1. The standard InChI is InChI=1S/C16H28N2O/c1-12(2)17-11-15-6-7-16(13(3)10-15)18(5)9-8-14(4)19/h6-7,10,12,14,17,19H,8-9,11H2,1-5H3. The van der Waals surface area contributed by atoms with Crippen LogP contribution in [0.2, 0.25) is 0 Å². The van der Waals surface area contributed by atoms with Gasteiger partial charge in [0.2, 0.25) is 0 Å². The molecule has 3 heteroatoms. The fraction of sp³-hybridized carbons (Fsp3) is 0.625. The first kappa shape index (κ1) is 16.0. The molecule has 0 saturated heterocycles. The summed E-state index contributed by atoms with van der Waals surface area (Å²) < 4.78 is 0. The van der Waals surface area contributed by atoms with Gasteiger partial charge in [-0.3, -0.25) is 0 Å². The molecule has 0 heterocycles. The summed E-state index contributed by atoms with van der Waals surface area (Å²) in [5.74, 6) is 0. The second kappa shape index (κ2) is 7.51. The predicted octanol–water partition coefficient (Wildman–Crippen LogP) is 2.70. The van der Waals surface area contributed by atoms with E-state index < -0.39 is 0 Å².